The number of nitrogens with zero attached hydrogens (tertiary/aromatic N) is 2. The number of amides is 1. The van der Waals surface area contributed by atoms with Gasteiger partial charge in [0, 0.05) is 6.54 Å². The normalized spacial score (nSPS) is 18.0. The van der Waals surface area contributed by atoms with Gasteiger partial charge in [-0.1, -0.05) is 29.7 Å². The molecule has 1 aromatic carbocycles. The van der Waals surface area contributed by atoms with Gasteiger partial charge >= 0.3 is 6.09 Å². The molecule has 0 bridgehead atoms. The maximum atomic E-state index is 12.4. The van der Waals surface area contributed by atoms with Gasteiger partial charge in [-0.15, -0.1) is 0 Å². The fourth-order valence-electron chi connectivity index (χ4n) is 2.98. The average Bonchev–Trinajstić information content (AvgIpc) is 3.15. The van der Waals surface area contributed by atoms with E-state index in [1.807, 2.05) is 27.0 Å². The molecule has 2 heterocycles. The van der Waals surface area contributed by atoms with Gasteiger partial charge in [-0.3, -0.25) is 4.90 Å². The Hall–Kier alpha value is -2.24. The molecule has 0 saturated carbocycles. The summed E-state index contributed by atoms with van der Waals surface area (Å²) in [6.07, 6.45) is 3.44. The number of ether oxygens (including phenoxy) is 1. The van der Waals surface area contributed by atoms with Gasteiger partial charge in [0.2, 0.25) is 0 Å². The van der Waals surface area contributed by atoms with Crippen molar-refractivity contribution in [3.05, 3.63) is 36.3 Å². The van der Waals surface area contributed by atoms with E-state index in [0.717, 1.165) is 29.9 Å². The summed E-state index contributed by atoms with van der Waals surface area (Å²) in [6.45, 7) is 6.37. The second-order valence-electron chi connectivity index (χ2n) is 7.38. The minimum absolute atomic E-state index is 0.0425. The second kappa shape index (κ2) is 6.34. The predicted octanol–water partition coefficient (Wildman–Crippen LogP) is 2.41. The first-order chi connectivity index (χ1) is 11.3. The van der Waals surface area contributed by atoms with E-state index in [0.29, 0.717) is 6.54 Å². The van der Waals surface area contributed by atoms with E-state index in [9.17, 15) is 4.79 Å². The number of carbonyl (C=O) groups excluding carboxylic acids is 1. The van der Waals surface area contributed by atoms with Crippen LogP contribution in [0.5, 0.6) is 0 Å². The minimum Gasteiger partial charge on any atom is -0.444 e. The SMILES string of the molecule is Bc1ccc(-c2cnc([C@@H]3CCCN3C(=O)OC(C)(C)C)[nH]2)cc1. The first-order valence-electron chi connectivity index (χ1n) is 8.45. The van der Waals surface area contributed by atoms with Gasteiger partial charge in [-0.2, -0.15) is 0 Å². The Labute approximate surface area is 143 Å². The summed E-state index contributed by atoms with van der Waals surface area (Å²) >= 11 is 0. The molecular formula is C18H24BN3O2. The Balaban J connectivity index is 1.78. The predicted molar refractivity (Wildman–Crippen MR) is 97.1 cm³/mol. The zero-order chi connectivity index (χ0) is 17.3. The maximum absolute atomic E-state index is 12.4. The van der Waals surface area contributed by atoms with Crippen molar-refractivity contribution in [3.63, 3.8) is 0 Å². The number of hydrogen-bond donors (Lipinski definition) is 1. The lowest BCUT2D eigenvalue weighted by atomic mass is 9.95. The molecular weight excluding hydrogens is 301 g/mol. The zero-order valence-corrected chi connectivity index (χ0v) is 14.8. The zero-order valence-electron chi connectivity index (χ0n) is 14.8. The quantitative estimate of drug-likeness (QED) is 0.863. The van der Waals surface area contributed by atoms with Gasteiger partial charge in [-0.05, 0) is 39.2 Å². The van der Waals surface area contributed by atoms with E-state index in [4.69, 9.17) is 4.74 Å². The van der Waals surface area contributed by atoms with Crippen LogP contribution in [0, 0.1) is 0 Å². The van der Waals surface area contributed by atoms with Crippen molar-refractivity contribution in [2.75, 3.05) is 6.54 Å². The number of hydrogen-bond acceptors (Lipinski definition) is 3. The summed E-state index contributed by atoms with van der Waals surface area (Å²) in [5.41, 5.74) is 2.81. The van der Waals surface area contributed by atoms with Crippen LogP contribution in [0.15, 0.2) is 30.5 Å². The van der Waals surface area contributed by atoms with Crippen LogP contribution < -0.4 is 5.46 Å². The van der Waals surface area contributed by atoms with Crippen molar-refractivity contribution >= 4 is 19.4 Å². The molecule has 1 amide bonds. The lowest BCUT2D eigenvalue weighted by Gasteiger charge is -2.27. The highest BCUT2D eigenvalue weighted by Crippen LogP contribution is 2.32. The van der Waals surface area contributed by atoms with E-state index in [2.05, 4.69) is 42.1 Å². The molecule has 0 aliphatic carbocycles. The highest BCUT2D eigenvalue weighted by Gasteiger charge is 2.34. The number of nitrogens with one attached hydrogen (secondary N) is 1. The second-order valence-corrected chi connectivity index (χ2v) is 7.38. The van der Waals surface area contributed by atoms with Gasteiger partial charge in [-0.25, -0.2) is 9.78 Å². The molecule has 0 radical (unpaired) electrons. The molecule has 0 unspecified atom stereocenters. The lowest BCUT2D eigenvalue weighted by Crippen LogP contribution is -2.36. The Morgan fingerprint density at radius 3 is 2.71 bits per heavy atom. The van der Waals surface area contributed by atoms with E-state index < -0.39 is 5.60 Å². The van der Waals surface area contributed by atoms with Crippen molar-refractivity contribution in [3.8, 4) is 11.3 Å². The number of aromatic nitrogens is 2. The first-order valence-corrected chi connectivity index (χ1v) is 8.45. The topological polar surface area (TPSA) is 58.2 Å². The molecule has 6 heteroatoms. The molecule has 3 rings (SSSR count). The molecule has 1 aliphatic heterocycles. The number of aromatic amines is 1. The van der Waals surface area contributed by atoms with Crippen LogP contribution in [0.2, 0.25) is 0 Å². The van der Waals surface area contributed by atoms with E-state index in [-0.39, 0.29) is 12.1 Å². The van der Waals surface area contributed by atoms with Crippen LogP contribution >= 0.6 is 0 Å². The Bertz CT molecular complexity index is 719. The third kappa shape index (κ3) is 3.63. The summed E-state index contributed by atoms with van der Waals surface area (Å²) in [6, 6.07) is 8.27. The van der Waals surface area contributed by atoms with Crippen LogP contribution in [0.4, 0.5) is 4.79 Å². The van der Waals surface area contributed by atoms with Gasteiger partial charge in [0.05, 0.1) is 17.9 Å². The molecule has 1 N–H and O–H groups in total. The molecule has 24 heavy (non-hydrogen) atoms. The number of benzene rings is 1. The third-order valence-corrected chi connectivity index (χ3v) is 4.15. The van der Waals surface area contributed by atoms with Crippen molar-refractivity contribution in [2.24, 2.45) is 0 Å². The molecule has 1 fully saturated rings. The summed E-state index contributed by atoms with van der Waals surface area (Å²) in [5.74, 6) is 0.828. The van der Waals surface area contributed by atoms with Gasteiger partial charge in [0.25, 0.3) is 0 Å². The average molecular weight is 325 g/mol. The molecule has 1 atom stereocenters. The molecule has 1 aliphatic rings. The number of likely N-dealkylation sites (tertiary alicyclic amines) is 1. The molecule has 5 nitrogen and oxygen atoms in total. The molecule has 2 aromatic rings. The number of imidazole rings is 1. The number of carbonyl (C=O) groups is 1. The van der Waals surface area contributed by atoms with Gasteiger partial charge in [0.1, 0.15) is 19.3 Å². The van der Waals surface area contributed by atoms with Crippen molar-refractivity contribution in [1.29, 1.82) is 0 Å². The largest absolute Gasteiger partial charge is 0.444 e. The van der Waals surface area contributed by atoms with Crippen LogP contribution in [-0.4, -0.2) is 41.0 Å². The monoisotopic (exact) mass is 325 g/mol. The van der Waals surface area contributed by atoms with Crippen molar-refractivity contribution in [1.82, 2.24) is 14.9 Å². The third-order valence-electron chi connectivity index (χ3n) is 4.15. The fourth-order valence-corrected chi connectivity index (χ4v) is 2.98. The molecule has 1 aromatic heterocycles. The van der Waals surface area contributed by atoms with Crippen LogP contribution in [0.25, 0.3) is 11.3 Å². The summed E-state index contributed by atoms with van der Waals surface area (Å²) in [4.78, 5) is 22.1. The minimum atomic E-state index is -0.486. The van der Waals surface area contributed by atoms with Crippen molar-refractivity contribution < 1.29 is 9.53 Å². The Morgan fingerprint density at radius 2 is 2.04 bits per heavy atom. The van der Waals surface area contributed by atoms with Crippen LogP contribution in [0.3, 0.4) is 0 Å². The molecule has 0 spiro atoms. The van der Waals surface area contributed by atoms with Gasteiger partial charge < -0.3 is 9.72 Å². The summed E-state index contributed by atoms with van der Waals surface area (Å²) in [5, 5.41) is 0. The van der Waals surface area contributed by atoms with Crippen molar-refractivity contribution in [2.45, 2.75) is 45.3 Å². The highest BCUT2D eigenvalue weighted by molar-refractivity contribution is 6.32. The number of H-pyrrole nitrogens is 1. The Morgan fingerprint density at radius 1 is 1.33 bits per heavy atom. The first kappa shape index (κ1) is 16.6. The van der Waals surface area contributed by atoms with Gasteiger partial charge in [0.15, 0.2) is 0 Å². The van der Waals surface area contributed by atoms with Crippen LogP contribution in [-0.2, 0) is 4.74 Å². The smallest absolute Gasteiger partial charge is 0.410 e. The van der Waals surface area contributed by atoms with E-state index in [1.54, 1.807) is 4.90 Å². The van der Waals surface area contributed by atoms with E-state index in [1.165, 1.54) is 5.46 Å². The maximum Gasteiger partial charge on any atom is 0.410 e. The summed E-state index contributed by atoms with van der Waals surface area (Å²) in [7, 11) is 2.07. The highest BCUT2D eigenvalue weighted by atomic mass is 16.6. The Kier molecular flexibility index (Phi) is 4.39. The fraction of sp³-hybridized carbons (Fsp3) is 0.444. The number of rotatable bonds is 2. The molecule has 1 saturated heterocycles. The van der Waals surface area contributed by atoms with E-state index >= 15 is 0 Å². The lowest BCUT2D eigenvalue weighted by molar-refractivity contribution is 0.0219. The molecule has 126 valence electrons. The standard InChI is InChI=1S/C18H24BN3O2/c1-18(2,3)24-17(23)22-10-4-5-15(22)16-20-11-14(21-16)12-6-8-13(19)9-7-12/h6-9,11,15H,4-5,10,19H2,1-3H3,(H,20,21)/t15-/m0/s1. The van der Waals surface area contributed by atoms with Crippen LogP contribution in [0.1, 0.15) is 45.5 Å². The summed E-state index contributed by atoms with van der Waals surface area (Å²) < 4.78 is 5.52.